The molecule has 1 atom stereocenters. The zero-order valence-corrected chi connectivity index (χ0v) is 12.5. The molecule has 18 heavy (non-hydrogen) atoms. The average Bonchev–Trinajstić information content (AvgIpc) is 2.28. The molecule has 0 aromatic rings. The lowest BCUT2D eigenvalue weighted by Gasteiger charge is -2.28. The Balaban J connectivity index is 4.06. The van der Waals surface area contributed by atoms with Crippen molar-refractivity contribution in [1.82, 2.24) is 5.32 Å². The predicted molar refractivity (Wildman–Crippen MR) is 73.6 cm³/mol. The summed E-state index contributed by atoms with van der Waals surface area (Å²) in [6.07, 6.45) is 1.69. The lowest BCUT2D eigenvalue weighted by atomic mass is 9.98. The van der Waals surface area contributed by atoms with Crippen molar-refractivity contribution in [3.8, 4) is 0 Å². The Labute approximate surface area is 111 Å². The molecule has 0 aliphatic heterocycles. The van der Waals surface area contributed by atoms with Gasteiger partial charge < -0.3 is 14.8 Å². The molecule has 0 aliphatic rings. The minimum Gasteiger partial charge on any atom is -0.465 e. The fraction of sp³-hybridized carbons (Fsp3) is 0.929. The molecule has 4 nitrogen and oxygen atoms in total. The highest BCUT2D eigenvalue weighted by molar-refractivity contribution is 5.80. The second-order valence-electron chi connectivity index (χ2n) is 5.13. The average molecular weight is 259 g/mol. The van der Waals surface area contributed by atoms with Gasteiger partial charge in [-0.3, -0.25) is 4.79 Å². The highest BCUT2D eigenvalue weighted by atomic mass is 16.5. The molecule has 0 saturated carbocycles. The topological polar surface area (TPSA) is 47.6 Å². The normalized spacial score (nSPS) is 14.6. The van der Waals surface area contributed by atoms with Crippen molar-refractivity contribution in [1.29, 1.82) is 0 Å². The Bertz CT molecular complexity index is 231. The number of hydrogen-bond acceptors (Lipinski definition) is 4. The number of carbonyl (C=O) groups is 1. The summed E-state index contributed by atoms with van der Waals surface area (Å²) in [7, 11) is 0. The van der Waals surface area contributed by atoms with Gasteiger partial charge in [0, 0.05) is 13.2 Å². The molecule has 1 unspecified atom stereocenters. The quantitative estimate of drug-likeness (QED) is 0.483. The van der Waals surface area contributed by atoms with Crippen molar-refractivity contribution in [2.75, 3.05) is 26.4 Å². The molecule has 4 heteroatoms. The third-order valence-electron chi connectivity index (χ3n) is 2.88. The molecule has 0 fully saturated rings. The van der Waals surface area contributed by atoms with E-state index < -0.39 is 5.54 Å². The minimum absolute atomic E-state index is 0.195. The fourth-order valence-electron chi connectivity index (χ4n) is 1.64. The molecule has 0 aromatic heterocycles. The van der Waals surface area contributed by atoms with Gasteiger partial charge in [-0.1, -0.05) is 20.8 Å². The lowest BCUT2D eigenvalue weighted by molar-refractivity contribution is -0.151. The van der Waals surface area contributed by atoms with Gasteiger partial charge in [-0.2, -0.15) is 0 Å². The van der Waals surface area contributed by atoms with Gasteiger partial charge in [-0.15, -0.1) is 0 Å². The van der Waals surface area contributed by atoms with Crippen LogP contribution >= 0.6 is 0 Å². The second kappa shape index (κ2) is 9.34. The van der Waals surface area contributed by atoms with E-state index in [1.165, 1.54) is 0 Å². The molecular weight excluding hydrogens is 230 g/mol. The number of ether oxygens (including phenoxy) is 2. The van der Waals surface area contributed by atoms with Gasteiger partial charge in [0.05, 0.1) is 6.61 Å². The van der Waals surface area contributed by atoms with E-state index in [2.05, 4.69) is 19.2 Å². The second-order valence-corrected chi connectivity index (χ2v) is 5.13. The molecule has 0 bridgehead atoms. The molecule has 0 saturated heterocycles. The summed E-state index contributed by atoms with van der Waals surface area (Å²) in [5, 5.41) is 3.19. The van der Waals surface area contributed by atoms with Crippen LogP contribution in [0.15, 0.2) is 0 Å². The van der Waals surface area contributed by atoms with Crippen LogP contribution in [0.2, 0.25) is 0 Å². The fourth-order valence-corrected chi connectivity index (χ4v) is 1.64. The van der Waals surface area contributed by atoms with Crippen LogP contribution in [0.4, 0.5) is 0 Å². The van der Waals surface area contributed by atoms with Gasteiger partial charge in [0.15, 0.2) is 0 Å². The first-order chi connectivity index (χ1) is 8.46. The zero-order valence-electron chi connectivity index (χ0n) is 12.5. The van der Waals surface area contributed by atoms with Crippen LogP contribution in [0.5, 0.6) is 0 Å². The SMILES string of the molecule is CCNC(C)(CCOCCC(C)C)C(=O)OCC. The van der Waals surface area contributed by atoms with Crippen LogP contribution in [0.3, 0.4) is 0 Å². The summed E-state index contributed by atoms with van der Waals surface area (Å²) in [5.74, 6) is 0.453. The molecule has 0 aromatic carbocycles. The van der Waals surface area contributed by atoms with Crippen LogP contribution in [0.25, 0.3) is 0 Å². The molecule has 0 amide bonds. The highest BCUT2D eigenvalue weighted by Gasteiger charge is 2.33. The first kappa shape index (κ1) is 17.4. The largest absolute Gasteiger partial charge is 0.465 e. The van der Waals surface area contributed by atoms with Crippen molar-refractivity contribution >= 4 is 5.97 Å². The maximum atomic E-state index is 11.9. The molecule has 0 rings (SSSR count). The summed E-state index contributed by atoms with van der Waals surface area (Å²) in [5.41, 5.74) is -0.636. The summed E-state index contributed by atoms with van der Waals surface area (Å²) in [6, 6.07) is 0. The van der Waals surface area contributed by atoms with E-state index in [0.717, 1.165) is 19.6 Å². The van der Waals surface area contributed by atoms with Gasteiger partial charge in [-0.25, -0.2) is 0 Å². The Hall–Kier alpha value is -0.610. The van der Waals surface area contributed by atoms with Gasteiger partial charge in [-0.05, 0) is 39.2 Å². The van der Waals surface area contributed by atoms with E-state index >= 15 is 0 Å². The first-order valence-corrected chi connectivity index (χ1v) is 6.96. The number of carbonyl (C=O) groups excluding carboxylic acids is 1. The molecule has 0 aliphatic carbocycles. The van der Waals surface area contributed by atoms with E-state index in [4.69, 9.17) is 9.47 Å². The number of esters is 1. The summed E-state index contributed by atoms with van der Waals surface area (Å²) in [6.45, 7) is 12.5. The van der Waals surface area contributed by atoms with Crippen molar-refractivity contribution in [2.24, 2.45) is 5.92 Å². The Morgan fingerprint density at radius 1 is 1.28 bits per heavy atom. The van der Waals surface area contributed by atoms with Gasteiger partial charge in [0.25, 0.3) is 0 Å². The van der Waals surface area contributed by atoms with Crippen LogP contribution in [0.1, 0.15) is 47.5 Å². The number of hydrogen-bond donors (Lipinski definition) is 1. The summed E-state index contributed by atoms with van der Waals surface area (Å²) < 4.78 is 10.7. The van der Waals surface area contributed by atoms with Crippen molar-refractivity contribution < 1.29 is 14.3 Å². The summed E-state index contributed by atoms with van der Waals surface area (Å²) in [4.78, 5) is 11.9. The Morgan fingerprint density at radius 3 is 2.44 bits per heavy atom. The maximum Gasteiger partial charge on any atom is 0.326 e. The van der Waals surface area contributed by atoms with Gasteiger partial charge in [0.1, 0.15) is 5.54 Å². The van der Waals surface area contributed by atoms with E-state index in [-0.39, 0.29) is 5.97 Å². The van der Waals surface area contributed by atoms with Gasteiger partial charge in [0.2, 0.25) is 0 Å². The van der Waals surface area contributed by atoms with Crippen LogP contribution in [0, 0.1) is 5.92 Å². The van der Waals surface area contributed by atoms with E-state index in [1.807, 2.05) is 20.8 Å². The van der Waals surface area contributed by atoms with Gasteiger partial charge >= 0.3 is 5.97 Å². The van der Waals surface area contributed by atoms with Crippen LogP contribution < -0.4 is 5.32 Å². The van der Waals surface area contributed by atoms with Crippen LogP contribution in [-0.4, -0.2) is 37.9 Å². The molecule has 0 heterocycles. The van der Waals surface area contributed by atoms with Crippen molar-refractivity contribution in [3.63, 3.8) is 0 Å². The van der Waals surface area contributed by atoms with E-state index in [9.17, 15) is 4.79 Å². The molecule has 0 spiro atoms. The highest BCUT2D eigenvalue weighted by Crippen LogP contribution is 2.13. The van der Waals surface area contributed by atoms with E-state index in [1.54, 1.807) is 0 Å². The third-order valence-corrected chi connectivity index (χ3v) is 2.88. The smallest absolute Gasteiger partial charge is 0.326 e. The lowest BCUT2D eigenvalue weighted by Crippen LogP contribution is -2.51. The molecule has 0 radical (unpaired) electrons. The van der Waals surface area contributed by atoms with Crippen molar-refractivity contribution in [2.45, 2.75) is 53.0 Å². The first-order valence-electron chi connectivity index (χ1n) is 6.96. The third kappa shape index (κ3) is 6.97. The van der Waals surface area contributed by atoms with Crippen molar-refractivity contribution in [3.05, 3.63) is 0 Å². The Kier molecular flexibility index (Phi) is 9.02. The zero-order chi connectivity index (χ0) is 14.0. The maximum absolute atomic E-state index is 11.9. The molecular formula is C14H29NO3. The summed E-state index contributed by atoms with van der Waals surface area (Å²) >= 11 is 0. The number of likely N-dealkylation sites (N-methyl/N-ethyl adjacent to an activating group) is 1. The molecule has 1 N–H and O–H groups in total. The Morgan fingerprint density at radius 2 is 1.94 bits per heavy atom. The predicted octanol–water partition coefficient (Wildman–Crippen LogP) is 2.37. The standard InChI is InChI=1S/C14H29NO3/c1-6-15-14(5,13(16)18-7-2)9-11-17-10-8-12(3)4/h12,15H,6-11H2,1-5H3. The number of nitrogens with one attached hydrogen (secondary N) is 1. The van der Waals surface area contributed by atoms with Crippen LogP contribution in [-0.2, 0) is 14.3 Å². The van der Waals surface area contributed by atoms with E-state index in [0.29, 0.717) is 25.6 Å². The molecule has 108 valence electrons. The monoisotopic (exact) mass is 259 g/mol. The minimum atomic E-state index is -0.636. The number of rotatable bonds is 10.